The van der Waals surface area contributed by atoms with Crippen LogP contribution in [0.5, 0.6) is 0 Å². The average Bonchev–Trinajstić information content (AvgIpc) is 3.35. The third-order valence-corrected chi connectivity index (χ3v) is 7.64. The molecule has 4 rings (SSSR count). The predicted octanol–water partition coefficient (Wildman–Crippen LogP) is 4.46. The highest BCUT2D eigenvalue weighted by atomic mass is 32.2. The molecular formula is C22H21N3O3S2. The Morgan fingerprint density at radius 2 is 1.67 bits per heavy atom. The normalized spacial score (nSPS) is 11.6. The molecule has 0 aliphatic heterocycles. The Kier molecular flexibility index (Phi) is 6.06. The summed E-state index contributed by atoms with van der Waals surface area (Å²) in [5, 5.41) is 9.39. The Morgan fingerprint density at radius 3 is 2.33 bits per heavy atom. The van der Waals surface area contributed by atoms with Gasteiger partial charge in [0.15, 0.2) is 20.8 Å². The molecular weight excluding hydrogens is 418 g/mol. The van der Waals surface area contributed by atoms with E-state index in [-0.39, 0.29) is 5.75 Å². The van der Waals surface area contributed by atoms with Crippen molar-refractivity contribution in [3.8, 4) is 11.4 Å². The molecule has 0 fully saturated rings. The Morgan fingerprint density at radius 1 is 0.967 bits per heavy atom. The summed E-state index contributed by atoms with van der Waals surface area (Å²) in [5.74, 6) is 1.88. The summed E-state index contributed by atoms with van der Waals surface area (Å²) in [6, 6.07) is 20.4. The van der Waals surface area contributed by atoms with E-state index in [0.717, 1.165) is 16.9 Å². The van der Waals surface area contributed by atoms with E-state index in [0.29, 0.717) is 28.2 Å². The number of nitrogens with zero attached hydrogens (tertiary/aromatic N) is 3. The summed E-state index contributed by atoms with van der Waals surface area (Å²) in [6.07, 6.45) is 1.63. The zero-order valence-electron chi connectivity index (χ0n) is 16.4. The van der Waals surface area contributed by atoms with Crippen molar-refractivity contribution in [2.75, 3.05) is 11.5 Å². The van der Waals surface area contributed by atoms with E-state index < -0.39 is 9.84 Å². The first-order valence-corrected chi connectivity index (χ1v) is 12.1. The minimum absolute atomic E-state index is 0.0277. The molecule has 0 radical (unpaired) electrons. The number of furan rings is 1. The topological polar surface area (TPSA) is 78.0 Å². The van der Waals surface area contributed by atoms with Gasteiger partial charge in [-0.25, -0.2) is 8.42 Å². The van der Waals surface area contributed by atoms with Crippen molar-refractivity contribution in [2.45, 2.75) is 23.5 Å². The molecule has 154 valence electrons. The summed E-state index contributed by atoms with van der Waals surface area (Å²) in [7, 11) is -3.34. The van der Waals surface area contributed by atoms with E-state index in [1.165, 1.54) is 11.8 Å². The lowest BCUT2D eigenvalue weighted by Crippen LogP contribution is -2.10. The zero-order chi connectivity index (χ0) is 21.0. The van der Waals surface area contributed by atoms with Crippen molar-refractivity contribution in [3.63, 3.8) is 0 Å². The summed E-state index contributed by atoms with van der Waals surface area (Å²) in [4.78, 5) is 0.339. The molecule has 0 aliphatic carbocycles. The molecule has 6 nitrogen and oxygen atoms in total. The molecule has 4 aromatic rings. The molecule has 0 saturated heterocycles. The fourth-order valence-corrected chi connectivity index (χ4v) is 5.72. The van der Waals surface area contributed by atoms with E-state index in [4.69, 9.17) is 4.42 Å². The molecule has 0 spiro atoms. The van der Waals surface area contributed by atoms with Crippen LogP contribution in [0, 0.1) is 6.92 Å². The first kappa shape index (κ1) is 20.4. The van der Waals surface area contributed by atoms with Gasteiger partial charge in [-0.15, -0.1) is 10.2 Å². The van der Waals surface area contributed by atoms with Crippen molar-refractivity contribution in [1.82, 2.24) is 14.8 Å². The van der Waals surface area contributed by atoms with Crippen molar-refractivity contribution >= 4 is 21.6 Å². The summed E-state index contributed by atoms with van der Waals surface area (Å²) in [5.41, 5.74) is 1.99. The minimum Gasteiger partial charge on any atom is -0.469 e. The smallest absolute Gasteiger partial charge is 0.191 e. The molecule has 30 heavy (non-hydrogen) atoms. The molecule has 0 saturated carbocycles. The van der Waals surface area contributed by atoms with Gasteiger partial charge in [0.05, 0.1) is 29.0 Å². The molecule has 0 atom stereocenters. The number of sulfone groups is 1. The van der Waals surface area contributed by atoms with E-state index >= 15 is 0 Å². The van der Waals surface area contributed by atoms with Crippen LogP contribution in [-0.2, 0) is 16.4 Å². The molecule has 0 aliphatic rings. The van der Waals surface area contributed by atoms with Crippen LogP contribution in [0.2, 0.25) is 0 Å². The lowest BCUT2D eigenvalue weighted by molar-refractivity contribution is 0.534. The zero-order valence-corrected chi connectivity index (χ0v) is 18.1. The van der Waals surface area contributed by atoms with Crippen molar-refractivity contribution in [3.05, 3.63) is 84.3 Å². The Balaban J connectivity index is 1.57. The van der Waals surface area contributed by atoms with Crippen LogP contribution in [0.25, 0.3) is 11.4 Å². The highest BCUT2D eigenvalue weighted by molar-refractivity contribution is 8.00. The largest absolute Gasteiger partial charge is 0.469 e. The van der Waals surface area contributed by atoms with Gasteiger partial charge in [-0.05, 0) is 30.7 Å². The van der Waals surface area contributed by atoms with E-state index in [2.05, 4.69) is 10.2 Å². The number of aryl methyl sites for hydroxylation is 1. The Labute approximate surface area is 179 Å². The standard InChI is InChI=1S/C22H21N3O3S2/c1-17-20(12-13-28-17)21-23-24-22(25(21)16-18-8-4-2-5-9-18)29-14-15-30(26,27)19-10-6-3-7-11-19/h2-13H,14-16H2,1H3. The van der Waals surface area contributed by atoms with Crippen LogP contribution in [0.3, 0.4) is 0 Å². The first-order valence-electron chi connectivity index (χ1n) is 9.47. The Hall–Kier alpha value is -2.84. The summed E-state index contributed by atoms with van der Waals surface area (Å²) >= 11 is 1.39. The lowest BCUT2D eigenvalue weighted by atomic mass is 10.2. The van der Waals surface area contributed by atoms with Gasteiger partial charge in [0.2, 0.25) is 0 Å². The van der Waals surface area contributed by atoms with Crippen LogP contribution in [0.1, 0.15) is 11.3 Å². The Bertz CT molecular complexity index is 1220. The SMILES string of the molecule is Cc1occc1-c1nnc(SCCS(=O)(=O)c2ccccc2)n1Cc1ccccc1. The molecule has 0 unspecified atom stereocenters. The van der Waals surface area contributed by atoms with Gasteiger partial charge in [-0.1, -0.05) is 60.3 Å². The van der Waals surface area contributed by atoms with E-state index in [1.807, 2.05) is 47.9 Å². The van der Waals surface area contributed by atoms with E-state index in [9.17, 15) is 8.42 Å². The fourth-order valence-electron chi connectivity index (χ4n) is 3.11. The van der Waals surface area contributed by atoms with Gasteiger partial charge in [-0.2, -0.15) is 0 Å². The maximum Gasteiger partial charge on any atom is 0.191 e. The second-order valence-electron chi connectivity index (χ2n) is 6.75. The van der Waals surface area contributed by atoms with Crippen LogP contribution < -0.4 is 0 Å². The highest BCUT2D eigenvalue weighted by Gasteiger charge is 2.19. The minimum atomic E-state index is -3.34. The molecule has 8 heteroatoms. The molecule has 0 amide bonds. The van der Waals surface area contributed by atoms with Gasteiger partial charge < -0.3 is 4.42 Å². The molecule has 0 N–H and O–H groups in total. The summed E-state index contributed by atoms with van der Waals surface area (Å²) in [6.45, 7) is 2.47. The number of hydrogen-bond donors (Lipinski definition) is 0. The van der Waals surface area contributed by atoms with Crippen LogP contribution in [-0.4, -0.2) is 34.7 Å². The number of hydrogen-bond acceptors (Lipinski definition) is 6. The van der Waals surface area contributed by atoms with Crippen molar-refractivity contribution in [2.24, 2.45) is 0 Å². The number of benzene rings is 2. The predicted molar refractivity (Wildman–Crippen MR) is 117 cm³/mol. The summed E-state index contributed by atoms with van der Waals surface area (Å²) < 4.78 is 32.6. The average molecular weight is 440 g/mol. The fraction of sp³-hybridized carbons (Fsp3) is 0.182. The number of aromatic nitrogens is 3. The van der Waals surface area contributed by atoms with Gasteiger partial charge >= 0.3 is 0 Å². The maximum absolute atomic E-state index is 12.6. The molecule has 2 heterocycles. The number of rotatable bonds is 8. The highest BCUT2D eigenvalue weighted by Crippen LogP contribution is 2.28. The third-order valence-electron chi connectivity index (χ3n) is 4.69. The van der Waals surface area contributed by atoms with E-state index in [1.54, 1.807) is 36.6 Å². The molecule has 2 aromatic heterocycles. The first-order chi connectivity index (χ1) is 14.5. The lowest BCUT2D eigenvalue weighted by Gasteiger charge is -2.10. The van der Waals surface area contributed by atoms with Gasteiger partial charge in [0.25, 0.3) is 0 Å². The van der Waals surface area contributed by atoms with Crippen molar-refractivity contribution < 1.29 is 12.8 Å². The quantitative estimate of drug-likeness (QED) is 0.377. The van der Waals surface area contributed by atoms with Gasteiger partial charge in [-0.3, -0.25) is 4.57 Å². The van der Waals surface area contributed by atoms with Crippen LogP contribution in [0.4, 0.5) is 0 Å². The third kappa shape index (κ3) is 4.49. The monoisotopic (exact) mass is 439 g/mol. The maximum atomic E-state index is 12.6. The second-order valence-corrected chi connectivity index (χ2v) is 9.92. The van der Waals surface area contributed by atoms with Gasteiger partial charge in [0, 0.05) is 5.75 Å². The molecule has 0 bridgehead atoms. The number of thioether (sulfide) groups is 1. The van der Waals surface area contributed by atoms with Gasteiger partial charge in [0.1, 0.15) is 5.76 Å². The van der Waals surface area contributed by atoms with Crippen molar-refractivity contribution in [1.29, 1.82) is 0 Å². The molecule has 2 aromatic carbocycles. The van der Waals surface area contributed by atoms with Crippen LogP contribution in [0.15, 0.2) is 87.5 Å². The second kappa shape index (κ2) is 8.89. The van der Waals surface area contributed by atoms with Crippen LogP contribution >= 0.6 is 11.8 Å².